The maximum Gasteiger partial charge on any atom is 0.236 e. The summed E-state index contributed by atoms with van der Waals surface area (Å²) in [5.41, 5.74) is 0.942. The lowest BCUT2D eigenvalue weighted by atomic mass is 10.1. The molecule has 0 saturated heterocycles. The first-order valence-corrected chi connectivity index (χ1v) is 8.98. The number of carbonyl (C=O) groups is 1. The van der Waals surface area contributed by atoms with Gasteiger partial charge in [0, 0.05) is 18.8 Å². The molecule has 0 aromatic heterocycles. The first-order valence-electron chi connectivity index (χ1n) is 7.09. The second-order valence-corrected chi connectivity index (χ2v) is 7.26. The van der Waals surface area contributed by atoms with Gasteiger partial charge < -0.3 is 5.32 Å². The molecule has 2 atom stereocenters. The maximum absolute atomic E-state index is 11.8. The minimum Gasteiger partial charge on any atom is -0.355 e. The van der Waals surface area contributed by atoms with Crippen molar-refractivity contribution in [1.29, 1.82) is 0 Å². The zero-order valence-corrected chi connectivity index (χ0v) is 13.8. The van der Waals surface area contributed by atoms with E-state index in [1.165, 1.54) is 6.26 Å². The third-order valence-electron chi connectivity index (χ3n) is 3.25. The van der Waals surface area contributed by atoms with Crippen molar-refractivity contribution >= 4 is 15.7 Å². The second-order valence-electron chi connectivity index (χ2n) is 5.24. The molecule has 2 N–H and O–H groups in total. The number of nitrogens with one attached hydrogen (secondary N) is 2. The summed E-state index contributed by atoms with van der Waals surface area (Å²) < 4.78 is 22.8. The van der Waals surface area contributed by atoms with Crippen LogP contribution in [0.15, 0.2) is 29.2 Å². The van der Waals surface area contributed by atoms with E-state index >= 15 is 0 Å². The highest BCUT2D eigenvalue weighted by molar-refractivity contribution is 7.90. The molecule has 0 fully saturated rings. The maximum atomic E-state index is 11.8. The van der Waals surface area contributed by atoms with E-state index in [9.17, 15) is 13.2 Å². The SMILES string of the molecule is CCCNC(=O)C(C)NC(C)c1ccc(S(C)(=O)=O)cc1. The van der Waals surface area contributed by atoms with Crippen molar-refractivity contribution in [1.82, 2.24) is 10.6 Å². The summed E-state index contributed by atoms with van der Waals surface area (Å²) in [6.07, 6.45) is 2.09. The first-order chi connectivity index (χ1) is 9.75. The largest absolute Gasteiger partial charge is 0.355 e. The summed E-state index contributed by atoms with van der Waals surface area (Å²) in [7, 11) is -3.18. The van der Waals surface area contributed by atoms with Gasteiger partial charge in [-0.1, -0.05) is 19.1 Å². The number of hydrogen-bond acceptors (Lipinski definition) is 4. The van der Waals surface area contributed by atoms with Crippen molar-refractivity contribution in [3.05, 3.63) is 29.8 Å². The van der Waals surface area contributed by atoms with Crippen LogP contribution in [0, 0.1) is 0 Å². The fourth-order valence-electron chi connectivity index (χ4n) is 1.95. The first kappa shape index (κ1) is 17.7. The molecular formula is C15H24N2O3S. The second kappa shape index (κ2) is 7.56. The van der Waals surface area contributed by atoms with Gasteiger partial charge in [0.05, 0.1) is 10.9 Å². The highest BCUT2D eigenvalue weighted by Gasteiger charge is 2.16. The van der Waals surface area contributed by atoms with Crippen molar-refractivity contribution in [2.45, 2.75) is 44.2 Å². The van der Waals surface area contributed by atoms with Crippen LogP contribution in [0.3, 0.4) is 0 Å². The van der Waals surface area contributed by atoms with Gasteiger partial charge in [0.2, 0.25) is 5.91 Å². The molecule has 21 heavy (non-hydrogen) atoms. The van der Waals surface area contributed by atoms with Crippen molar-refractivity contribution in [2.24, 2.45) is 0 Å². The van der Waals surface area contributed by atoms with Crippen LogP contribution in [0.1, 0.15) is 38.8 Å². The average Bonchev–Trinajstić information content (AvgIpc) is 2.43. The number of carbonyl (C=O) groups excluding carboxylic acids is 1. The van der Waals surface area contributed by atoms with Crippen molar-refractivity contribution in [2.75, 3.05) is 12.8 Å². The lowest BCUT2D eigenvalue weighted by Crippen LogP contribution is -2.43. The predicted octanol–water partition coefficient (Wildman–Crippen LogP) is 1.66. The van der Waals surface area contributed by atoms with Crippen LogP contribution in [0.25, 0.3) is 0 Å². The smallest absolute Gasteiger partial charge is 0.236 e. The summed E-state index contributed by atoms with van der Waals surface area (Å²) >= 11 is 0. The quantitative estimate of drug-likeness (QED) is 0.803. The lowest BCUT2D eigenvalue weighted by molar-refractivity contribution is -0.122. The summed E-state index contributed by atoms with van der Waals surface area (Å²) in [6.45, 7) is 6.43. The fraction of sp³-hybridized carbons (Fsp3) is 0.533. The molecule has 1 aromatic rings. The molecule has 5 nitrogen and oxygen atoms in total. The Bertz CT molecular complexity index is 567. The van der Waals surface area contributed by atoms with Crippen LogP contribution >= 0.6 is 0 Å². The van der Waals surface area contributed by atoms with E-state index < -0.39 is 9.84 Å². The molecule has 0 bridgehead atoms. The molecule has 118 valence electrons. The number of amides is 1. The van der Waals surface area contributed by atoms with Gasteiger partial charge in [-0.3, -0.25) is 10.1 Å². The van der Waals surface area contributed by atoms with E-state index in [1.807, 2.05) is 20.8 Å². The molecule has 0 spiro atoms. The predicted molar refractivity (Wildman–Crippen MR) is 83.9 cm³/mol. The normalized spacial score (nSPS) is 14.5. The van der Waals surface area contributed by atoms with E-state index in [0.717, 1.165) is 12.0 Å². The van der Waals surface area contributed by atoms with Crippen molar-refractivity contribution in [3.63, 3.8) is 0 Å². The number of rotatable bonds is 7. The van der Waals surface area contributed by atoms with E-state index in [4.69, 9.17) is 0 Å². The fourth-order valence-corrected chi connectivity index (χ4v) is 2.58. The third-order valence-corrected chi connectivity index (χ3v) is 4.38. The monoisotopic (exact) mass is 312 g/mol. The highest BCUT2D eigenvalue weighted by Crippen LogP contribution is 2.16. The van der Waals surface area contributed by atoms with Gasteiger partial charge >= 0.3 is 0 Å². The van der Waals surface area contributed by atoms with Gasteiger partial charge in [0.1, 0.15) is 0 Å². The Morgan fingerprint density at radius 3 is 2.24 bits per heavy atom. The highest BCUT2D eigenvalue weighted by atomic mass is 32.2. The van der Waals surface area contributed by atoms with Crippen LogP contribution in [0.5, 0.6) is 0 Å². The Morgan fingerprint density at radius 1 is 1.19 bits per heavy atom. The zero-order valence-electron chi connectivity index (χ0n) is 13.0. The molecule has 1 amide bonds. The Balaban J connectivity index is 2.67. The van der Waals surface area contributed by atoms with Crippen molar-refractivity contribution in [3.8, 4) is 0 Å². The summed E-state index contributed by atoms with van der Waals surface area (Å²) in [5.74, 6) is -0.0311. The number of hydrogen-bond donors (Lipinski definition) is 2. The summed E-state index contributed by atoms with van der Waals surface area (Å²) in [6, 6.07) is 6.37. The molecule has 0 aliphatic rings. The van der Waals surface area contributed by atoms with Gasteiger partial charge in [-0.25, -0.2) is 8.42 Å². The molecule has 1 aromatic carbocycles. The lowest BCUT2D eigenvalue weighted by Gasteiger charge is -2.20. The Labute approximate surface area is 127 Å². The van der Waals surface area contributed by atoms with Crippen LogP contribution in [-0.2, 0) is 14.6 Å². The number of benzene rings is 1. The molecule has 0 radical (unpaired) electrons. The summed E-state index contributed by atoms with van der Waals surface area (Å²) in [5, 5.41) is 6.04. The molecule has 2 unspecified atom stereocenters. The number of sulfone groups is 1. The van der Waals surface area contributed by atoms with E-state index in [2.05, 4.69) is 10.6 Å². The summed E-state index contributed by atoms with van der Waals surface area (Å²) in [4.78, 5) is 12.1. The topological polar surface area (TPSA) is 75.3 Å². The van der Waals surface area contributed by atoms with Crippen LogP contribution in [0.2, 0.25) is 0 Å². The molecule has 6 heteroatoms. The molecule has 1 rings (SSSR count). The molecule has 0 aliphatic carbocycles. The zero-order chi connectivity index (χ0) is 16.0. The van der Waals surface area contributed by atoms with Crippen molar-refractivity contribution < 1.29 is 13.2 Å². The van der Waals surface area contributed by atoms with E-state index in [-0.39, 0.29) is 18.0 Å². The molecular weight excluding hydrogens is 288 g/mol. The van der Waals surface area contributed by atoms with Crippen LogP contribution in [-0.4, -0.2) is 33.2 Å². The van der Waals surface area contributed by atoms with Gasteiger partial charge in [0.15, 0.2) is 9.84 Å². The average molecular weight is 312 g/mol. The van der Waals surface area contributed by atoms with E-state index in [0.29, 0.717) is 11.4 Å². The Hall–Kier alpha value is -1.40. The Kier molecular flexibility index (Phi) is 6.36. The minimum atomic E-state index is -3.18. The standard InChI is InChI=1S/C15H24N2O3S/c1-5-10-16-15(18)12(3)17-11(2)13-6-8-14(9-7-13)21(4,19)20/h6-9,11-12,17H,5,10H2,1-4H3,(H,16,18). The van der Waals surface area contributed by atoms with Crippen LogP contribution in [0.4, 0.5) is 0 Å². The molecule has 0 aliphatic heterocycles. The minimum absolute atomic E-state index is 0.0311. The third kappa shape index (κ3) is 5.47. The van der Waals surface area contributed by atoms with Crippen LogP contribution < -0.4 is 10.6 Å². The van der Waals surface area contributed by atoms with Gasteiger partial charge in [-0.15, -0.1) is 0 Å². The Morgan fingerprint density at radius 2 is 1.76 bits per heavy atom. The molecule has 0 saturated carbocycles. The van der Waals surface area contributed by atoms with Gasteiger partial charge in [-0.2, -0.15) is 0 Å². The van der Waals surface area contributed by atoms with Gasteiger partial charge in [0.25, 0.3) is 0 Å². The van der Waals surface area contributed by atoms with E-state index in [1.54, 1.807) is 24.3 Å². The molecule has 0 heterocycles. The van der Waals surface area contributed by atoms with Gasteiger partial charge in [-0.05, 0) is 38.0 Å².